The molecule has 0 aliphatic heterocycles. The lowest BCUT2D eigenvalue weighted by atomic mass is 10.2. The molecular formula is C10H5ClF3N3OS. The molecule has 2 rings (SSSR count). The Labute approximate surface area is 114 Å². The molecule has 0 aliphatic rings. The highest BCUT2D eigenvalue weighted by molar-refractivity contribution is 7.03. The van der Waals surface area contributed by atoms with Crippen molar-refractivity contribution < 1.29 is 18.0 Å². The van der Waals surface area contributed by atoms with Crippen molar-refractivity contribution in [2.24, 2.45) is 0 Å². The average molecular weight is 308 g/mol. The molecule has 0 aliphatic carbocycles. The number of rotatable bonds is 2. The monoisotopic (exact) mass is 307 g/mol. The number of benzene rings is 1. The van der Waals surface area contributed by atoms with Gasteiger partial charge in [0.2, 0.25) is 0 Å². The second kappa shape index (κ2) is 5.14. The molecule has 9 heteroatoms. The summed E-state index contributed by atoms with van der Waals surface area (Å²) in [6.07, 6.45) is -4.58. The van der Waals surface area contributed by atoms with Gasteiger partial charge < -0.3 is 5.32 Å². The first-order chi connectivity index (χ1) is 8.88. The number of hydrogen-bond donors (Lipinski definition) is 1. The fourth-order valence-electron chi connectivity index (χ4n) is 1.28. The molecule has 0 fully saturated rings. The number of carbonyl (C=O) groups excluding carboxylic acids is 1. The van der Waals surface area contributed by atoms with Crippen LogP contribution in [0, 0.1) is 0 Å². The molecule has 1 N–H and O–H groups in total. The number of amides is 1. The zero-order valence-corrected chi connectivity index (χ0v) is 10.6. The van der Waals surface area contributed by atoms with Crippen molar-refractivity contribution >= 4 is 34.7 Å². The summed E-state index contributed by atoms with van der Waals surface area (Å²) in [5.41, 5.74) is -0.994. The fourth-order valence-corrected chi connectivity index (χ4v) is 1.94. The molecule has 1 heterocycles. The van der Waals surface area contributed by atoms with Gasteiger partial charge in [0.15, 0.2) is 5.69 Å². The number of halogens is 4. The predicted molar refractivity (Wildman–Crippen MR) is 64.3 cm³/mol. The van der Waals surface area contributed by atoms with Gasteiger partial charge in [-0.1, -0.05) is 16.1 Å². The van der Waals surface area contributed by atoms with E-state index in [-0.39, 0.29) is 11.4 Å². The summed E-state index contributed by atoms with van der Waals surface area (Å²) in [4.78, 5) is 11.6. The van der Waals surface area contributed by atoms with Gasteiger partial charge in [0.1, 0.15) is 0 Å². The standard InChI is InChI=1S/C10H5ClF3N3OS/c11-7-2-1-5(3-6(7)10(12,13)14)15-9(18)8-4-19-17-16-8/h1-4H,(H,15,18). The molecule has 0 radical (unpaired) electrons. The molecule has 100 valence electrons. The largest absolute Gasteiger partial charge is 0.417 e. The molecule has 1 aromatic heterocycles. The minimum absolute atomic E-state index is 0.0188. The highest BCUT2D eigenvalue weighted by Gasteiger charge is 2.33. The minimum Gasteiger partial charge on any atom is -0.321 e. The lowest BCUT2D eigenvalue weighted by Gasteiger charge is -2.11. The van der Waals surface area contributed by atoms with Gasteiger partial charge in [0, 0.05) is 11.1 Å². The molecule has 4 nitrogen and oxygen atoms in total. The van der Waals surface area contributed by atoms with Crippen molar-refractivity contribution in [2.75, 3.05) is 5.32 Å². The predicted octanol–water partition coefficient (Wildman–Crippen LogP) is 3.46. The van der Waals surface area contributed by atoms with E-state index in [4.69, 9.17) is 11.6 Å². The third kappa shape index (κ3) is 3.21. The van der Waals surface area contributed by atoms with Crippen molar-refractivity contribution in [1.82, 2.24) is 9.59 Å². The van der Waals surface area contributed by atoms with Gasteiger partial charge in [-0.05, 0) is 29.7 Å². The maximum atomic E-state index is 12.6. The number of nitrogens with one attached hydrogen (secondary N) is 1. The molecule has 2 aromatic rings. The molecule has 19 heavy (non-hydrogen) atoms. The summed E-state index contributed by atoms with van der Waals surface area (Å²) in [6.45, 7) is 0. The molecule has 0 saturated carbocycles. The van der Waals surface area contributed by atoms with E-state index in [0.29, 0.717) is 0 Å². The number of carbonyl (C=O) groups is 1. The summed E-state index contributed by atoms with van der Waals surface area (Å²) >= 11 is 6.43. The van der Waals surface area contributed by atoms with Crippen LogP contribution in [0.25, 0.3) is 0 Å². The third-order valence-electron chi connectivity index (χ3n) is 2.12. The molecule has 0 atom stereocenters. The first-order valence-electron chi connectivity index (χ1n) is 4.83. The van der Waals surface area contributed by atoms with Gasteiger partial charge in [-0.2, -0.15) is 13.2 Å². The van der Waals surface area contributed by atoms with E-state index in [1.807, 2.05) is 0 Å². The zero-order valence-electron chi connectivity index (χ0n) is 9.03. The Morgan fingerprint density at radius 3 is 2.68 bits per heavy atom. The Balaban J connectivity index is 2.25. The first kappa shape index (κ1) is 13.8. The molecule has 0 saturated heterocycles. The Morgan fingerprint density at radius 1 is 1.37 bits per heavy atom. The van der Waals surface area contributed by atoms with Crippen LogP contribution in [0.1, 0.15) is 16.1 Å². The Kier molecular flexibility index (Phi) is 3.72. The molecule has 0 spiro atoms. The van der Waals surface area contributed by atoms with E-state index in [0.717, 1.165) is 23.7 Å². The lowest BCUT2D eigenvalue weighted by molar-refractivity contribution is -0.137. The fraction of sp³-hybridized carbons (Fsp3) is 0.100. The van der Waals surface area contributed by atoms with Crippen LogP contribution in [0.3, 0.4) is 0 Å². The van der Waals surface area contributed by atoms with Crippen LogP contribution < -0.4 is 5.32 Å². The molecule has 1 amide bonds. The van der Waals surface area contributed by atoms with Crippen LogP contribution >= 0.6 is 23.1 Å². The van der Waals surface area contributed by atoms with E-state index >= 15 is 0 Å². The van der Waals surface area contributed by atoms with E-state index < -0.39 is 22.7 Å². The second-order valence-electron chi connectivity index (χ2n) is 3.44. The summed E-state index contributed by atoms with van der Waals surface area (Å²) in [6, 6.07) is 3.11. The molecule has 0 unspecified atom stereocenters. The maximum Gasteiger partial charge on any atom is 0.417 e. The van der Waals surface area contributed by atoms with Gasteiger partial charge in [-0.15, -0.1) is 5.10 Å². The van der Waals surface area contributed by atoms with Gasteiger partial charge in [0.25, 0.3) is 5.91 Å². The highest BCUT2D eigenvalue weighted by atomic mass is 35.5. The Bertz CT molecular complexity index is 601. The van der Waals surface area contributed by atoms with Crippen LogP contribution in [0.15, 0.2) is 23.6 Å². The van der Waals surface area contributed by atoms with Crippen LogP contribution in [-0.2, 0) is 6.18 Å². The van der Waals surface area contributed by atoms with E-state index in [1.165, 1.54) is 11.4 Å². The lowest BCUT2D eigenvalue weighted by Crippen LogP contribution is -2.13. The number of alkyl halides is 3. The van der Waals surface area contributed by atoms with Crippen LogP contribution in [0.4, 0.5) is 18.9 Å². The van der Waals surface area contributed by atoms with Crippen molar-refractivity contribution in [1.29, 1.82) is 0 Å². The number of nitrogens with zero attached hydrogens (tertiary/aromatic N) is 2. The number of hydrogen-bond acceptors (Lipinski definition) is 4. The van der Waals surface area contributed by atoms with Crippen LogP contribution in [-0.4, -0.2) is 15.5 Å². The summed E-state index contributed by atoms with van der Waals surface area (Å²) in [5, 5.41) is 6.75. The first-order valence-corrected chi connectivity index (χ1v) is 6.04. The molecule has 1 aromatic carbocycles. The number of aromatic nitrogens is 2. The molecular weight excluding hydrogens is 303 g/mol. The van der Waals surface area contributed by atoms with E-state index in [2.05, 4.69) is 14.9 Å². The SMILES string of the molecule is O=C(Nc1ccc(Cl)c(C(F)(F)F)c1)c1csnn1. The quantitative estimate of drug-likeness (QED) is 0.924. The minimum atomic E-state index is -4.58. The maximum absolute atomic E-state index is 12.6. The summed E-state index contributed by atoms with van der Waals surface area (Å²) in [5.74, 6) is -0.635. The van der Waals surface area contributed by atoms with Crippen LogP contribution in [0.5, 0.6) is 0 Å². The van der Waals surface area contributed by atoms with E-state index in [9.17, 15) is 18.0 Å². The van der Waals surface area contributed by atoms with Gasteiger partial charge in [-0.25, -0.2) is 0 Å². The van der Waals surface area contributed by atoms with E-state index in [1.54, 1.807) is 0 Å². The van der Waals surface area contributed by atoms with Crippen molar-refractivity contribution in [2.45, 2.75) is 6.18 Å². The zero-order chi connectivity index (χ0) is 14.0. The second-order valence-corrected chi connectivity index (χ2v) is 4.45. The van der Waals surface area contributed by atoms with Gasteiger partial charge >= 0.3 is 6.18 Å². The van der Waals surface area contributed by atoms with Crippen molar-refractivity contribution in [3.05, 3.63) is 39.9 Å². The smallest absolute Gasteiger partial charge is 0.321 e. The average Bonchev–Trinajstić information content (AvgIpc) is 2.83. The number of anilines is 1. The summed E-state index contributed by atoms with van der Waals surface area (Å²) in [7, 11) is 0. The van der Waals surface area contributed by atoms with Crippen molar-refractivity contribution in [3.63, 3.8) is 0 Å². The van der Waals surface area contributed by atoms with Crippen molar-refractivity contribution in [3.8, 4) is 0 Å². The topological polar surface area (TPSA) is 54.9 Å². The highest BCUT2D eigenvalue weighted by Crippen LogP contribution is 2.36. The molecule has 0 bridgehead atoms. The summed E-state index contributed by atoms with van der Waals surface area (Å²) < 4.78 is 41.4. The Morgan fingerprint density at radius 2 is 2.11 bits per heavy atom. The Hall–Kier alpha value is -1.67. The normalized spacial score (nSPS) is 11.4. The van der Waals surface area contributed by atoms with Crippen LogP contribution in [0.2, 0.25) is 5.02 Å². The third-order valence-corrected chi connectivity index (χ3v) is 2.96. The van der Waals surface area contributed by atoms with Gasteiger partial charge in [-0.3, -0.25) is 4.79 Å². The van der Waals surface area contributed by atoms with Gasteiger partial charge in [0.05, 0.1) is 10.6 Å².